The normalized spacial score (nSPS) is 10.6. The molecule has 1 rings (SSSR count). The summed E-state index contributed by atoms with van der Waals surface area (Å²) in [5, 5.41) is 0. The Bertz CT molecular complexity index is 440. The number of rotatable bonds is 2. The topological polar surface area (TPSA) is 66.8 Å². The van der Waals surface area contributed by atoms with E-state index < -0.39 is 7.82 Å². The third-order valence-corrected chi connectivity index (χ3v) is 2.59. The van der Waals surface area contributed by atoms with Gasteiger partial charge in [0.05, 0.1) is 0 Å². The van der Waals surface area contributed by atoms with Crippen molar-refractivity contribution in [3.63, 3.8) is 0 Å². The van der Waals surface area contributed by atoms with Gasteiger partial charge in [-0.2, -0.15) is 0 Å². The van der Waals surface area contributed by atoms with Gasteiger partial charge in [-0.05, 0) is 18.4 Å². The number of hydrogen-bond donors (Lipinski definition) is 2. The molecule has 0 atom stereocenters. The average Bonchev–Trinajstić information content (AvgIpc) is 2.04. The maximum atomic E-state index is 10.8. The Morgan fingerprint density at radius 2 is 1.58 bits per heavy atom. The van der Waals surface area contributed by atoms with Gasteiger partial charge in [-0.1, -0.05) is 38.5 Å². The second-order valence-corrected chi connectivity index (χ2v) is 6.00. The number of aryl methyl sites for hydroxylation is 1. The molecule has 0 fully saturated rings. The standard InChI is InChI=1S/C11H17O4P.3Li.3H/c1-8-5-6-10(15-16(12,13)14)9(7-8)11(2,3)4;;;;;;/h5-7H,1-4H3,(H2,12,13,14);;;;;;. The monoisotopic (exact) mass is 268 g/mol. The molecule has 0 saturated carbocycles. The summed E-state index contributed by atoms with van der Waals surface area (Å²) in [4.78, 5) is 17.6. The van der Waals surface area contributed by atoms with Crippen LogP contribution in [0.1, 0.15) is 31.9 Å². The third-order valence-electron chi connectivity index (χ3n) is 2.16. The number of hydrogen-bond acceptors (Lipinski definition) is 2. The molecule has 0 radical (unpaired) electrons. The van der Waals surface area contributed by atoms with Gasteiger partial charge in [0.15, 0.2) is 0 Å². The van der Waals surface area contributed by atoms with Crippen molar-refractivity contribution < 1.29 is 18.9 Å². The summed E-state index contributed by atoms with van der Waals surface area (Å²) in [5.74, 6) is 0.242. The predicted molar refractivity (Wildman–Crippen MR) is 84.0 cm³/mol. The van der Waals surface area contributed by atoms with Gasteiger partial charge in [-0.15, -0.1) is 0 Å². The van der Waals surface area contributed by atoms with E-state index in [1.165, 1.54) is 0 Å². The van der Waals surface area contributed by atoms with E-state index in [1.54, 1.807) is 12.1 Å². The molecule has 1 aromatic rings. The van der Waals surface area contributed by atoms with E-state index in [2.05, 4.69) is 4.52 Å². The maximum absolute atomic E-state index is 10.8. The summed E-state index contributed by atoms with van der Waals surface area (Å²) in [6.45, 7) is 7.83. The van der Waals surface area contributed by atoms with Gasteiger partial charge >= 0.3 is 64.4 Å². The Hall–Kier alpha value is 0.962. The molecular formula is C11H20Li3O4P. The van der Waals surface area contributed by atoms with Crippen LogP contribution in [0, 0.1) is 6.92 Å². The third kappa shape index (κ3) is 8.76. The van der Waals surface area contributed by atoms with Gasteiger partial charge in [0.25, 0.3) is 0 Å². The van der Waals surface area contributed by atoms with Crippen LogP contribution in [0.2, 0.25) is 0 Å². The van der Waals surface area contributed by atoms with Crippen LogP contribution in [0.25, 0.3) is 0 Å². The molecule has 0 aromatic heterocycles. The zero-order valence-electron chi connectivity index (χ0n) is 9.89. The van der Waals surface area contributed by atoms with Crippen LogP contribution in [0.3, 0.4) is 0 Å². The quantitative estimate of drug-likeness (QED) is 0.615. The summed E-state index contributed by atoms with van der Waals surface area (Å²) < 4.78 is 15.5. The predicted octanol–water partition coefficient (Wildman–Crippen LogP) is 0.819. The summed E-state index contributed by atoms with van der Waals surface area (Å²) in [6.07, 6.45) is 0. The van der Waals surface area contributed by atoms with Gasteiger partial charge in [-0.3, -0.25) is 9.79 Å². The molecule has 2 N–H and O–H groups in total. The van der Waals surface area contributed by atoms with Crippen LogP contribution in [0.15, 0.2) is 18.2 Å². The first-order valence-corrected chi connectivity index (χ1v) is 6.49. The molecule has 0 amide bonds. The molecule has 0 bridgehead atoms. The second kappa shape index (κ2) is 9.08. The Morgan fingerprint density at radius 3 is 1.95 bits per heavy atom. The molecule has 96 valence electrons. The summed E-state index contributed by atoms with van der Waals surface area (Å²) in [5.41, 5.74) is 1.59. The van der Waals surface area contributed by atoms with Crippen molar-refractivity contribution in [2.45, 2.75) is 33.1 Å². The van der Waals surface area contributed by atoms with Crippen molar-refractivity contribution in [2.24, 2.45) is 0 Å². The van der Waals surface area contributed by atoms with Crippen molar-refractivity contribution in [1.82, 2.24) is 0 Å². The van der Waals surface area contributed by atoms with Crippen LogP contribution >= 0.6 is 7.82 Å². The number of benzene rings is 1. The van der Waals surface area contributed by atoms with Crippen molar-refractivity contribution in [2.75, 3.05) is 0 Å². The Labute approximate surface area is 150 Å². The Morgan fingerprint density at radius 1 is 1.11 bits per heavy atom. The van der Waals surface area contributed by atoms with Crippen LogP contribution < -0.4 is 4.52 Å². The van der Waals surface area contributed by atoms with Gasteiger partial charge in [0.2, 0.25) is 0 Å². The van der Waals surface area contributed by atoms with E-state index in [-0.39, 0.29) is 67.7 Å². The van der Waals surface area contributed by atoms with Crippen LogP contribution in [-0.4, -0.2) is 66.4 Å². The van der Waals surface area contributed by atoms with E-state index in [0.29, 0.717) is 0 Å². The molecule has 0 spiro atoms. The fourth-order valence-electron chi connectivity index (χ4n) is 1.44. The average molecular weight is 268 g/mol. The first-order chi connectivity index (χ1) is 7.09. The van der Waals surface area contributed by atoms with Crippen LogP contribution in [0.5, 0.6) is 5.75 Å². The molecule has 0 saturated heterocycles. The first kappa shape index (κ1) is 24.9. The minimum absolute atomic E-state index is 0. The van der Waals surface area contributed by atoms with Crippen LogP contribution in [-0.2, 0) is 9.98 Å². The van der Waals surface area contributed by atoms with E-state index in [1.807, 2.05) is 33.8 Å². The Balaban J connectivity index is -0.000000853. The second-order valence-electron chi connectivity index (χ2n) is 4.83. The molecule has 8 heteroatoms. The molecule has 1 aromatic carbocycles. The molecule has 0 aliphatic heterocycles. The summed E-state index contributed by atoms with van der Waals surface area (Å²) in [7, 11) is -4.50. The zero-order valence-corrected chi connectivity index (χ0v) is 10.8. The van der Waals surface area contributed by atoms with E-state index >= 15 is 0 Å². The summed E-state index contributed by atoms with van der Waals surface area (Å²) >= 11 is 0. The van der Waals surface area contributed by atoms with Gasteiger partial charge in [0.1, 0.15) is 5.75 Å². The molecule has 4 nitrogen and oxygen atoms in total. The van der Waals surface area contributed by atoms with Crippen molar-refractivity contribution in [3.05, 3.63) is 29.3 Å². The van der Waals surface area contributed by atoms with Crippen LogP contribution in [0.4, 0.5) is 0 Å². The fraction of sp³-hybridized carbons (Fsp3) is 0.455. The molecular weight excluding hydrogens is 248 g/mol. The Kier molecular flexibility index (Phi) is 11.9. The van der Waals surface area contributed by atoms with E-state index in [0.717, 1.165) is 11.1 Å². The molecule has 19 heavy (non-hydrogen) atoms. The fourth-order valence-corrected chi connectivity index (χ4v) is 1.85. The van der Waals surface area contributed by atoms with Gasteiger partial charge < -0.3 is 4.52 Å². The molecule has 0 unspecified atom stereocenters. The number of phosphoric acid groups is 1. The first-order valence-electron chi connectivity index (χ1n) is 4.96. The van der Waals surface area contributed by atoms with Gasteiger partial charge in [0, 0.05) is 5.56 Å². The van der Waals surface area contributed by atoms with E-state index in [9.17, 15) is 4.57 Å². The summed E-state index contributed by atoms with van der Waals surface area (Å²) in [6, 6.07) is 5.24. The SMILES string of the molecule is Cc1ccc(OP(=O)(O)O)c(C(C)(C)C)c1.[LiH].[LiH].[LiH]. The molecule has 0 aliphatic rings. The molecule has 0 aliphatic carbocycles. The van der Waals surface area contributed by atoms with Crippen molar-refractivity contribution >= 4 is 64.4 Å². The number of phosphoric ester groups is 1. The minimum atomic E-state index is -4.50. The van der Waals surface area contributed by atoms with E-state index in [4.69, 9.17) is 9.79 Å². The van der Waals surface area contributed by atoms with Gasteiger partial charge in [-0.25, -0.2) is 4.57 Å². The zero-order chi connectivity index (χ0) is 12.6. The molecule has 0 heterocycles. The van der Waals surface area contributed by atoms with Crippen molar-refractivity contribution in [3.8, 4) is 5.75 Å². The van der Waals surface area contributed by atoms with Crippen molar-refractivity contribution in [1.29, 1.82) is 0 Å².